The summed E-state index contributed by atoms with van der Waals surface area (Å²) in [4.78, 5) is 11.2. The first kappa shape index (κ1) is 57.9. The molecule has 0 saturated carbocycles. The number of esters is 1. The van der Waals surface area contributed by atoms with Crippen LogP contribution in [0, 0.1) is 5.92 Å². The van der Waals surface area contributed by atoms with Gasteiger partial charge in [-0.15, -0.1) is 0 Å². The minimum Gasteiger partial charge on any atom is -0.465 e. The van der Waals surface area contributed by atoms with Crippen LogP contribution in [0.25, 0.3) is 0 Å². The first-order valence-corrected chi connectivity index (χ1v) is 5.47. The zero-order valence-electron chi connectivity index (χ0n) is 9.45. The van der Waals surface area contributed by atoms with Crippen molar-refractivity contribution < 1.29 is 14.6 Å². The van der Waals surface area contributed by atoms with Gasteiger partial charge in [0.05, 0.1) is 19.1 Å². The molecule has 0 aromatic carbocycles. The maximum Gasteiger partial charge on any atom is 0.308 e. The Hall–Kier alpha value is -0.570. The predicted molar refractivity (Wildman–Crippen MR) is 110 cm³/mol. The number of aliphatic hydroxyl groups is 1. The molecular formula is C19H54O3. The van der Waals surface area contributed by atoms with Crippen LogP contribution < -0.4 is 0 Å². The lowest BCUT2D eigenvalue weighted by molar-refractivity contribution is -0.147. The summed E-state index contributed by atoms with van der Waals surface area (Å²) in [6, 6.07) is 0. The molecule has 0 aromatic heterocycles. The number of carbonyl (C=O) groups is 1. The van der Waals surface area contributed by atoms with Crippen LogP contribution in [0.1, 0.15) is 106 Å². The van der Waals surface area contributed by atoms with Gasteiger partial charge in [0.15, 0.2) is 0 Å². The van der Waals surface area contributed by atoms with Gasteiger partial charge in [-0.1, -0.05) is 93.0 Å². The lowest BCUT2D eigenvalue weighted by Gasteiger charge is -2.13. The number of carbonyl (C=O) groups excluding carboxylic acids is 1. The molecular weight excluding hydrogens is 276 g/mol. The summed E-state index contributed by atoms with van der Waals surface area (Å²) < 4.78 is 5.06. The van der Waals surface area contributed by atoms with Gasteiger partial charge in [-0.25, -0.2) is 0 Å². The standard InChI is InChI=1S/C11H22O3.8CH4/c1-4-9(5-2)8-14-11(13)7-10(12)6-3;;;;;;;;/h9-10,12H,4-8H2,1-3H3;8*1H4. The maximum absolute atomic E-state index is 11.2. The van der Waals surface area contributed by atoms with Crippen molar-refractivity contribution in [3.63, 3.8) is 0 Å². The van der Waals surface area contributed by atoms with Crippen molar-refractivity contribution in [2.75, 3.05) is 6.61 Å². The van der Waals surface area contributed by atoms with Gasteiger partial charge in [-0.05, 0) is 12.3 Å². The van der Waals surface area contributed by atoms with Crippen molar-refractivity contribution in [1.29, 1.82) is 0 Å². The van der Waals surface area contributed by atoms with Crippen molar-refractivity contribution >= 4 is 5.97 Å². The lowest BCUT2D eigenvalue weighted by atomic mass is 10.1. The average Bonchev–Trinajstić information content (AvgIpc) is 2.19. The maximum atomic E-state index is 11.2. The monoisotopic (exact) mass is 330 g/mol. The smallest absolute Gasteiger partial charge is 0.308 e. The third kappa shape index (κ3) is 31.7. The molecule has 0 saturated heterocycles. The van der Waals surface area contributed by atoms with Crippen LogP contribution in [0.2, 0.25) is 0 Å². The Kier molecular flexibility index (Phi) is 97.5. The molecule has 0 aliphatic carbocycles. The van der Waals surface area contributed by atoms with Gasteiger partial charge in [0, 0.05) is 0 Å². The van der Waals surface area contributed by atoms with Crippen LogP contribution in [0.15, 0.2) is 0 Å². The zero-order valence-corrected chi connectivity index (χ0v) is 9.45. The molecule has 0 rings (SSSR count). The van der Waals surface area contributed by atoms with E-state index in [1.165, 1.54) is 0 Å². The molecule has 0 aliphatic heterocycles. The molecule has 148 valence electrons. The van der Waals surface area contributed by atoms with Gasteiger partial charge in [-0.2, -0.15) is 0 Å². The summed E-state index contributed by atoms with van der Waals surface area (Å²) in [6.07, 6.45) is 2.22. The molecule has 3 nitrogen and oxygen atoms in total. The van der Waals surface area contributed by atoms with Crippen LogP contribution in [-0.4, -0.2) is 23.8 Å². The fourth-order valence-corrected chi connectivity index (χ4v) is 1.13. The quantitative estimate of drug-likeness (QED) is 0.501. The second-order valence-corrected chi connectivity index (χ2v) is 3.63. The molecule has 1 atom stereocenters. The van der Waals surface area contributed by atoms with Crippen molar-refractivity contribution in [3.8, 4) is 0 Å². The van der Waals surface area contributed by atoms with E-state index in [4.69, 9.17) is 4.74 Å². The van der Waals surface area contributed by atoms with Gasteiger partial charge >= 0.3 is 5.97 Å². The fourth-order valence-electron chi connectivity index (χ4n) is 1.13. The van der Waals surface area contributed by atoms with Crippen molar-refractivity contribution in [2.24, 2.45) is 5.92 Å². The molecule has 1 unspecified atom stereocenters. The molecule has 0 amide bonds. The highest BCUT2D eigenvalue weighted by molar-refractivity contribution is 5.69. The summed E-state index contributed by atoms with van der Waals surface area (Å²) in [6.45, 7) is 6.51. The van der Waals surface area contributed by atoms with Gasteiger partial charge in [0.25, 0.3) is 0 Å². The Morgan fingerprint density at radius 3 is 1.45 bits per heavy atom. The van der Waals surface area contributed by atoms with Gasteiger partial charge in [-0.3, -0.25) is 4.79 Å². The molecule has 0 heterocycles. The number of rotatable bonds is 7. The van der Waals surface area contributed by atoms with Crippen LogP contribution in [0.3, 0.4) is 0 Å². The van der Waals surface area contributed by atoms with Gasteiger partial charge in [0.1, 0.15) is 0 Å². The highest BCUT2D eigenvalue weighted by Crippen LogP contribution is 2.08. The molecule has 0 radical (unpaired) electrons. The Morgan fingerprint density at radius 2 is 1.18 bits per heavy atom. The Balaban J connectivity index is -0.0000000302. The zero-order chi connectivity index (χ0) is 11.0. The van der Waals surface area contributed by atoms with Crippen LogP contribution >= 0.6 is 0 Å². The Morgan fingerprint density at radius 1 is 0.818 bits per heavy atom. The number of aliphatic hydroxyl groups excluding tert-OH is 1. The minimum atomic E-state index is -0.552. The third-order valence-corrected chi connectivity index (χ3v) is 2.51. The molecule has 0 spiro atoms. The third-order valence-electron chi connectivity index (χ3n) is 2.51. The number of hydrogen-bond donors (Lipinski definition) is 1. The van der Waals surface area contributed by atoms with E-state index in [0.717, 1.165) is 12.8 Å². The summed E-state index contributed by atoms with van der Waals surface area (Å²) in [5.41, 5.74) is 0. The summed E-state index contributed by atoms with van der Waals surface area (Å²) >= 11 is 0. The highest BCUT2D eigenvalue weighted by Gasteiger charge is 2.12. The summed E-state index contributed by atoms with van der Waals surface area (Å²) in [5.74, 6) is 0.170. The van der Waals surface area contributed by atoms with E-state index in [9.17, 15) is 9.90 Å². The van der Waals surface area contributed by atoms with E-state index in [1.54, 1.807) is 0 Å². The largest absolute Gasteiger partial charge is 0.465 e. The average molecular weight is 331 g/mol. The van der Waals surface area contributed by atoms with Crippen molar-refractivity contribution in [2.45, 2.75) is 112 Å². The first-order valence-electron chi connectivity index (χ1n) is 5.47. The van der Waals surface area contributed by atoms with Crippen LogP contribution in [0.5, 0.6) is 0 Å². The van der Waals surface area contributed by atoms with Gasteiger partial charge < -0.3 is 9.84 Å². The van der Waals surface area contributed by atoms with Crippen molar-refractivity contribution in [3.05, 3.63) is 0 Å². The lowest BCUT2D eigenvalue weighted by Crippen LogP contribution is -2.18. The first-order chi connectivity index (χ1) is 6.63. The second kappa shape index (κ2) is 37.0. The Labute approximate surface area is 145 Å². The van der Waals surface area contributed by atoms with E-state index < -0.39 is 6.10 Å². The SMILES string of the molecule is C.C.C.C.C.C.C.C.CCC(O)CC(=O)OCC(CC)CC. The van der Waals surface area contributed by atoms with Gasteiger partial charge in [0.2, 0.25) is 0 Å². The number of hydrogen-bond acceptors (Lipinski definition) is 3. The van der Waals surface area contributed by atoms with Crippen LogP contribution in [0.4, 0.5) is 0 Å². The molecule has 0 aliphatic rings. The van der Waals surface area contributed by atoms with Crippen LogP contribution in [-0.2, 0) is 9.53 Å². The molecule has 0 aromatic rings. The second-order valence-electron chi connectivity index (χ2n) is 3.63. The fraction of sp³-hybridized carbons (Fsp3) is 0.947. The molecule has 1 N–H and O–H groups in total. The molecule has 3 heteroatoms. The molecule has 0 bridgehead atoms. The summed E-state index contributed by atoms with van der Waals surface area (Å²) in [7, 11) is 0. The van der Waals surface area contributed by atoms with Crippen molar-refractivity contribution in [1.82, 2.24) is 0 Å². The highest BCUT2D eigenvalue weighted by atomic mass is 16.5. The van der Waals surface area contributed by atoms with E-state index in [2.05, 4.69) is 13.8 Å². The normalized spacial score (nSPS) is 8.23. The van der Waals surface area contributed by atoms with E-state index in [0.29, 0.717) is 18.9 Å². The van der Waals surface area contributed by atoms with E-state index in [1.807, 2.05) is 6.92 Å². The predicted octanol–water partition coefficient (Wildman–Crippen LogP) is 7.22. The van der Waals surface area contributed by atoms with E-state index >= 15 is 0 Å². The van der Waals surface area contributed by atoms with E-state index in [-0.39, 0.29) is 71.8 Å². The summed E-state index contributed by atoms with van der Waals surface area (Å²) in [5, 5.41) is 9.21. The number of ether oxygens (including phenoxy) is 1. The topological polar surface area (TPSA) is 46.5 Å². The minimum absolute atomic E-state index is 0. The molecule has 22 heavy (non-hydrogen) atoms. The Bertz CT molecular complexity index is 155. The molecule has 0 fully saturated rings.